The Morgan fingerprint density at radius 1 is 1.25 bits per heavy atom. The zero-order valence-electron chi connectivity index (χ0n) is 13.0. The van der Waals surface area contributed by atoms with Crippen molar-refractivity contribution in [3.8, 4) is 5.75 Å². The first-order valence-electron chi connectivity index (χ1n) is 7.75. The Morgan fingerprint density at radius 3 is 2.75 bits per heavy atom. The van der Waals surface area contributed by atoms with E-state index in [4.69, 9.17) is 9.84 Å². The minimum Gasteiger partial charge on any atom is -0.505 e. The van der Waals surface area contributed by atoms with E-state index in [0.717, 1.165) is 12.1 Å². The molecule has 2 aliphatic rings. The van der Waals surface area contributed by atoms with Crippen LogP contribution in [0.2, 0.25) is 0 Å². The summed E-state index contributed by atoms with van der Waals surface area (Å²) < 4.78 is 19.1. The highest BCUT2D eigenvalue weighted by molar-refractivity contribution is 5.94. The predicted octanol–water partition coefficient (Wildman–Crippen LogP) is 0.389. The molecule has 1 aromatic rings. The van der Waals surface area contributed by atoms with Gasteiger partial charge in [0.2, 0.25) is 0 Å². The van der Waals surface area contributed by atoms with Gasteiger partial charge in [0, 0.05) is 31.1 Å². The summed E-state index contributed by atoms with van der Waals surface area (Å²) >= 11 is 0. The topological polar surface area (TPSA) is 90.3 Å². The first-order valence-corrected chi connectivity index (χ1v) is 7.75. The van der Waals surface area contributed by atoms with Crippen LogP contribution in [0.3, 0.4) is 0 Å². The van der Waals surface area contributed by atoms with Crippen molar-refractivity contribution in [2.75, 3.05) is 39.4 Å². The molecule has 0 aromatic heterocycles. The van der Waals surface area contributed by atoms with Gasteiger partial charge < -0.3 is 19.8 Å². The molecular formula is C16H19FN2O5. The van der Waals surface area contributed by atoms with Gasteiger partial charge in [0.1, 0.15) is 0 Å². The van der Waals surface area contributed by atoms with Crippen LogP contribution in [0.15, 0.2) is 18.2 Å². The number of carbonyl (C=O) groups excluding carboxylic acids is 1. The first kappa shape index (κ1) is 16.7. The summed E-state index contributed by atoms with van der Waals surface area (Å²) in [5.74, 6) is -2.59. The summed E-state index contributed by atoms with van der Waals surface area (Å²) in [5, 5.41) is 18.3. The molecule has 1 aromatic carbocycles. The number of amides is 1. The van der Waals surface area contributed by atoms with Crippen LogP contribution in [0.25, 0.3) is 0 Å². The number of carboxylic acid groups (broad SMARTS) is 1. The maximum Gasteiger partial charge on any atom is 0.317 e. The third kappa shape index (κ3) is 3.49. The van der Waals surface area contributed by atoms with Gasteiger partial charge in [-0.3, -0.25) is 14.5 Å². The van der Waals surface area contributed by atoms with Gasteiger partial charge in [-0.2, -0.15) is 0 Å². The molecule has 2 atom stereocenters. The number of halogens is 1. The summed E-state index contributed by atoms with van der Waals surface area (Å²) in [6.45, 7) is 2.07. The minimum atomic E-state index is -0.908. The van der Waals surface area contributed by atoms with Gasteiger partial charge in [0.15, 0.2) is 11.6 Å². The number of rotatable bonds is 3. The average molecular weight is 338 g/mol. The number of carbonyl (C=O) groups is 2. The van der Waals surface area contributed by atoms with Gasteiger partial charge in [0.05, 0.1) is 25.8 Å². The molecule has 2 N–H and O–H groups in total. The lowest BCUT2D eigenvalue weighted by Gasteiger charge is -2.30. The van der Waals surface area contributed by atoms with E-state index in [0.29, 0.717) is 32.8 Å². The molecule has 1 amide bonds. The highest BCUT2D eigenvalue weighted by atomic mass is 19.1. The third-order valence-corrected chi connectivity index (χ3v) is 4.36. The molecule has 0 aliphatic carbocycles. The van der Waals surface area contributed by atoms with Gasteiger partial charge in [-0.15, -0.1) is 0 Å². The maximum absolute atomic E-state index is 13.5. The van der Waals surface area contributed by atoms with Gasteiger partial charge in [0.25, 0.3) is 5.91 Å². The summed E-state index contributed by atoms with van der Waals surface area (Å²) in [6.07, 6.45) is 0. The molecule has 8 heteroatoms. The molecule has 0 unspecified atom stereocenters. The highest BCUT2D eigenvalue weighted by Crippen LogP contribution is 2.23. The number of phenolic OH excluding ortho intramolecular Hbond substituents is 1. The maximum atomic E-state index is 13.5. The highest BCUT2D eigenvalue weighted by Gasteiger charge is 2.36. The van der Waals surface area contributed by atoms with E-state index in [9.17, 15) is 19.1 Å². The Morgan fingerprint density at radius 2 is 2.04 bits per heavy atom. The second kappa shape index (κ2) is 6.74. The second-order valence-electron chi connectivity index (χ2n) is 6.27. The largest absolute Gasteiger partial charge is 0.505 e. The number of aromatic hydroxyl groups is 1. The van der Waals surface area contributed by atoms with Crippen LogP contribution >= 0.6 is 0 Å². The van der Waals surface area contributed by atoms with Gasteiger partial charge >= 0.3 is 5.97 Å². The zero-order chi connectivity index (χ0) is 17.3. The third-order valence-electron chi connectivity index (χ3n) is 4.36. The Kier molecular flexibility index (Phi) is 4.68. The molecule has 130 valence electrons. The number of benzene rings is 1. The molecule has 0 radical (unpaired) electrons. The smallest absolute Gasteiger partial charge is 0.317 e. The Labute approximate surface area is 138 Å². The SMILES string of the molecule is O=C(O)CN1C[C@@H]2COC[C@H](C1)N(C(=O)c1ccc(O)c(F)c1)C2. The molecule has 24 heavy (non-hydrogen) atoms. The molecular weight excluding hydrogens is 319 g/mol. The van der Waals surface area contributed by atoms with Crippen LogP contribution in [0.4, 0.5) is 4.39 Å². The van der Waals surface area contributed by atoms with Crippen LogP contribution in [0.5, 0.6) is 5.75 Å². The number of fused-ring (bicyclic) bond motifs is 3. The van der Waals surface area contributed by atoms with Crippen LogP contribution in [-0.2, 0) is 9.53 Å². The number of nitrogens with zero attached hydrogens (tertiary/aromatic N) is 2. The lowest BCUT2D eigenvalue weighted by atomic mass is 10.1. The fourth-order valence-corrected chi connectivity index (χ4v) is 3.31. The van der Waals surface area contributed by atoms with Crippen molar-refractivity contribution in [2.24, 2.45) is 5.92 Å². The minimum absolute atomic E-state index is 0.00256. The Hall–Kier alpha value is -2.19. The molecule has 2 saturated heterocycles. The van der Waals surface area contributed by atoms with E-state index in [1.54, 1.807) is 4.90 Å². The predicted molar refractivity (Wildman–Crippen MR) is 81.3 cm³/mol. The quantitative estimate of drug-likeness (QED) is 0.829. The molecule has 7 nitrogen and oxygen atoms in total. The van der Waals surface area contributed by atoms with E-state index in [2.05, 4.69) is 0 Å². The van der Waals surface area contributed by atoms with Crippen molar-refractivity contribution < 1.29 is 28.9 Å². The number of phenols is 1. The molecule has 0 spiro atoms. The van der Waals surface area contributed by atoms with Crippen molar-refractivity contribution in [2.45, 2.75) is 6.04 Å². The van der Waals surface area contributed by atoms with Crippen molar-refractivity contribution >= 4 is 11.9 Å². The van der Waals surface area contributed by atoms with Crippen molar-refractivity contribution in [1.29, 1.82) is 0 Å². The summed E-state index contributed by atoms with van der Waals surface area (Å²) in [4.78, 5) is 27.2. The molecule has 3 rings (SSSR count). The monoisotopic (exact) mass is 338 g/mol. The molecule has 2 heterocycles. The van der Waals surface area contributed by atoms with Gasteiger partial charge in [-0.05, 0) is 18.2 Å². The van der Waals surface area contributed by atoms with Crippen LogP contribution < -0.4 is 0 Å². The van der Waals surface area contributed by atoms with Gasteiger partial charge in [-0.25, -0.2) is 4.39 Å². The number of hydrogen-bond acceptors (Lipinski definition) is 5. The summed E-state index contributed by atoms with van der Waals surface area (Å²) in [5.41, 5.74) is 0.155. The standard InChI is InChI=1S/C16H19FN2O5/c17-13-3-11(1-2-14(13)20)16(23)19-5-10-4-18(7-15(21)22)6-12(19)9-24-8-10/h1-3,10,12,20H,4-9H2,(H,21,22)/t10-,12-/m0/s1. The molecule has 0 saturated carbocycles. The normalized spacial score (nSPS) is 24.5. The van der Waals surface area contributed by atoms with Crippen LogP contribution in [0, 0.1) is 11.7 Å². The van der Waals surface area contributed by atoms with Crippen molar-refractivity contribution in [3.05, 3.63) is 29.6 Å². The number of carboxylic acids is 1. The number of aliphatic carboxylic acids is 1. The number of ether oxygens (including phenoxy) is 1. The molecule has 2 aliphatic heterocycles. The van der Waals surface area contributed by atoms with Crippen LogP contribution in [-0.4, -0.2) is 77.3 Å². The average Bonchev–Trinajstić information content (AvgIpc) is 2.79. The van der Waals surface area contributed by atoms with E-state index < -0.39 is 17.5 Å². The van der Waals surface area contributed by atoms with E-state index in [1.807, 2.05) is 4.90 Å². The molecule has 2 bridgehead atoms. The Balaban J connectivity index is 1.83. The van der Waals surface area contributed by atoms with Crippen LogP contribution in [0.1, 0.15) is 10.4 Å². The summed E-state index contributed by atoms with van der Waals surface area (Å²) in [7, 11) is 0. The van der Waals surface area contributed by atoms with E-state index in [-0.39, 0.29) is 30.0 Å². The van der Waals surface area contributed by atoms with Crippen molar-refractivity contribution in [3.63, 3.8) is 0 Å². The summed E-state index contributed by atoms with van der Waals surface area (Å²) in [6, 6.07) is 3.26. The Bertz CT molecular complexity index is 653. The number of hydrogen-bond donors (Lipinski definition) is 2. The van der Waals surface area contributed by atoms with Gasteiger partial charge in [-0.1, -0.05) is 0 Å². The second-order valence-corrected chi connectivity index (χ2v) is 6.27. The fraction of sp³-hybridized carbons (Fsp3) is 0.500. The van der Waals surface area contributed by atoms with Crippen molar-refractivity contribution in [1.82, 2.24) is 9.80 Å². The lowest BCUT2D eigenvalue weighted by Crippen LogP contribution is -2.47. The zero-order valence-corrected chi connectivity index (χ0v) is 13.0. The van der Waals surface area contributed by atoms with E-state index >= 15 is 0 Å². The first-order chi connectivity index (χ1) is 11.4. The fourth-order valence-electron chi connectivity index (χ4n) is 3.31. The lowest BCUT2D eigenvalue weighted by molar-refractivity contribution is -0.138. The molecule has 2 fully saturated rings. The van der Waals surface area contributed by atoms with E-state index in [1.165, 1.54) is 6.07 Å².